The lowest BCUT2D eigenvalue weighted by Gasteiger charge is -2.34. The smallest absolute Gasteiger partial charge is 0.238 e. The number of fused-ring (bicyclic) bond motifs is 2. The monoisotopic (exact) mass is 479 g/mol. The maximum absolute atomic E-state index is 12.7. The zero-order valence-electron chi connectivity index (χ0n) is 18.4. The molecule has 35 heavy (non-hydrogen) atoms. The summed E-state index contributed by atoms with van der Waals surface area (Å²) in [6, 6.07) is 11.6. The fourth-order valence-corrected chi connectivity index (χ4v) is 4.07. The second kappa shape index (κ2) is 8.33. The third kappa shape index (κ3) is 3.69. The number of benzene rings is 3. The number of ether oxygens (including phenoxy) is 3. The van der Waals surface area contributed by atoms with E-state index in [1.165, 1.54) is 19.2 Å². The lowest BCUT2D eigenvalue weighted by Crippen LogP contribution is -2.38. The van der Waals surface area contributed by atoms with Gasteiger partial charge in [0.15, 0.2) is 41.0 Å². The molecule has 1 aliphatic rings. The van der Waals surface area contributed by atoms with Crippen LogP contribution in [0, 0.1) is 0 Å². The van der Waals surface area contributed by atoms with E-state index in [9.17, 15) is 25.2 Å². The summed E-state index contributed by atoms with van der Waals surface area (Å²) in [4.78, 5) is 12.7. The minimum absolute atomic E-state index is 0.0288. The van der Waals surface area contributed by atoms with E-state index in [2.05, 4.69) is 0 Å². The molecule has 0 bridgehead atoms. The van der Waals surface area contributed by atoms with Crippen molar-refractivity contribution in [1.29, 1.82) is 0 Å². The first-order valence-electron chi connectivity index (χ1n) is 10.6. The van der Waals surface area contributed by atoms with E-state index < -0.39 is 29.1 Å². The fourth-order valence-electron chi connectivity index (χ4n) is 4.07. The molecule has 10 heteroatoms. The number of aromatic hydroxyl groups is 4. The highest BCUT2D eigenvalue weighted by molar-refractivity contribution is 5.88. The normalized spacial score (nSPS) is 16.9. The van der Waals surface area contributed by atoms with Crippen molar-refractivity contribution in [1.82, 2.24) is 0 Å². The molecule has 6 N–H and O–H groups in total. The summed E-state index contributed by atoms with van der Waals surface area (Å²) in [7, 11) is 1.43. The minimum atomic E-state index is -0.856. The Bertz CT molecular complexity index is 1510. The fraction of sp³-hybridized carbons (Fsp3) is 0.160. The first-order chi connectivity index (χ1) is 16.8. The van der Waals surface area contributed by atoms with E-state index in [-0.39, 0.29) is 40.5 Å². The average Bonchev–Trinajstić information content (AvgIpc) is 2.85. The summed E-state index contributed by atoms with van der Waals surface area (Å²) >= 11 is 0. The van der Waals surface area contributed by atoms with Gasteiger partial charge in [0.25, 0.3) is 0 Å². The van der Waals surface area contributed by atoms with Crippen molar-refractivity contribution < 1.29 is 39.1 Å². The topological polar surface area (TPSA) is 165 Å². The molecule has 0 radical (unpaired) electrons. The van der Waals surface area contributed by atoms with Crippen molar-refractivity contribution in [3.8, 4) is 51.6 Å². The average molecular weight is 479 g/mol. The Balaban J connectivity index is 1.59. The second-order valence-corrected chi connectivity index (χ2v) is 7.97. The molecular formula is C25H21NO9. The molecule has 5 rings (SSSR count). The molecule has 2 unspecified atom stereocenters. The summed E-state index contributed by atoms with van der Waals surface area (Å²) in [5, 5.41) is 40.0. The van der Waals surface area contributed by atoms with Crippen molar-refractivity contribution >= 4 is 11.0 Å². The van der Waals surface area contributed by atoms with Crippen LogP contribution in [-0.2, 0) is 0 Å². The predicted molar refractivity (Wildman–Crippen MR) is 124 cm³/mol. The van der Waals surface area contributed by atoms with Gasteiger partial charge in [-0.2, -0.15) is 0 Å². The van der Waals surface area contributed by atoms with Crippen LogP contribution in [0.2, 0.25) is 0 Å². The molecule has 10 nitrogen and oxygen atoms in total. The molecule has 2 atom stereocenters. The van der Waals surface area contributed by atoms with Gasteiger partial charge in [0.05, 0.1) is 7.11 Å². The first kappa shape index (κ1) is 22.2. The van der Waals surface area contributed by atoms with Gasteiger partial charge < -0.3 is 44.8 Å². The highest BCUT2D eigenvalue weighted by atomic mass is 16.6. The van der Waals surface area contributed by atoms with Crippen molar-refractivity contribution in [3.05, 3.63) is 64.3 Å². The Labute approximate surface area is 198 Å². The van der Waals surface area contributed by atoms with Crippen LogP contribution < -0.4 is 25.4 Å². The third-order valence-electron chi connectivity index (χ3n) is 5.78. The highest BCUT2D eigenvalue weighted by Crippen LogP contribution is 2.44. The molecule has 0 aliphatic carbocycles. The van der Waals surface area contributed by atoms with Gasteiger partial charge in [-0.1, -0.05) is 6.07 Å². The molecule has 2 heterocycles. The molecular weight excluding hydrogens is 458 g/mol. The van der Waals surface area contributed by atoms with E-state index in [4.69, 9.17) is 24.4 Å². The van der Waals surface area contributed by atoms with Gasteiger partial charge >= 0.3 is 0 Å². The largest absolute Gasteiger partial charge is 0.508 e. The van der Waals surface area contributed by atoms with Crippen LogP contribution in [0.3, 0.4) is 0 Å². The molecule has 0 saturated carbocycles. The van der Waals surface area contributed by atoms with E-state index in [0.717, 1.165) is 12.1 Å². The number of nitrogens with two attached hydrogens (primary N) is 1. The van der Waals surface area contributed by atoms with Crippen molar-refractivity contribution in [3.63, 3.8) is 0 Å². The Kier molecular flexibility index (Phi) is 5.29. The number of phenolic OH excluding ortho intramolecular Hbond substituents is 3. The van der Waals surface area contributed by atoms with Gasteiger partial charge in [0.2, 0.25) is 11.2 Å². The van der Waals surface area contributed by atoms with Crippen LogP contribution in [-0.4, -0.2) is 40.2 Å². The summed E-state index contributed by atoms with van der Waals surface area (Å²) in [6.45, 7) is 0.141. The number of hydrogen-bond acceptors (Lipinski definition) is 10. The molecule has 0 fully saturated rings. The summed E-state index contributed by atoms with van der Waals surface area (Å²) in [6.07, 6.45) is -1.19. The van der Waals surface area contributed by atoms with Crippen LogP contribution in [0.1, 0.15) is 11.7 Å². The van der Waals surface area contributed by atoms with E-state index in [1.807, 2.05) is 0 Å². The van der Waals surface area contributed by atoms with E-state index >= 15 is 0 Å². The predicted octanol–water partition coefficient (Wildman–Crippen LogP) is 3.13. The summed E-state index contributed by atoms with van der Waals surface area (Å²) in [5.41, 5.74) is 5.90. The van der Waals surface area contributed by atoms with Gasteiger partial charge in [0, 0.05) is 29.8 Å². The summed E-state index contributed by atoms with van der Waals surface area (Å²) < 4.78 is 23.1. The van der Waals surface area contributed by atoms with Gasteiger partial charge in [-0.15, -0.1) is 0 Å². The Hall–Kier alpha value is -4.57. The molecule has 3 aromatic carbocycles. The van der Waals surface area contributed by atoms with Crippen molar-refractivity contribution in [2.45, 2.75) is 12.2 Å². The second-order valence-electron chi connectivity index (χ2n) is 7.97. The van der Waals surface area contributed by atoms with Crippen LogP contribution in [0.25, 0.3) is 22.3 Å². The van der Waals surface area contributed by atoms with E-state index in [0.29, 0.717) is 22.6 Å². The molecule has 4 aromatic rings. The quantitative estimate of drug-likeness (QED) is 0.294. The molecule has 1 aromatic heterocycles. The maximum Gasteiger partial charge on any atom is 0.238 e. The standard InChI is InChI=1S/C25H21NO9/c1-32-17-6-11(2-4-14(17)28)24-20(10-26)33-16-5-3-12(7-18(16)34-24)25-23(31)22(30)21-15(29)8-13(27)9-19(21)35-25/h2-9,20,24,27-29,31H,10,26H2,1H3. The molecule has 1 aliphatic heterocycles. The zero-order chi connectivity index (χ0) is 24.9. The van der Waals surface area contributed by atoms with Crippen molar-refractivity contribution in [2.24, 2.45) is 5.73 Å². The molecule has 0 amide bonds. The van der Waals surface area contributed by atoms with Gasteiger partial charge in [-0.05, 0) is 30.3 Å². The maximum atomic E-state index is 12.7. The number of methoxy groups -OCH3 is 1. The van der Waals surface area contributed by atoms with E-state index in [1.54, 1.807) is 24.3 Å². The number of phenols is 3. The van der Waals surface area contributed by atoms with Gasteiger partial charge in [0.1, 0.15) is 22.5 Å². The highest BCUT2D eigenvalue weighted by Gasteiger charge is 2.33. The SMILES string of the molecule is COc1cc(C2Oc3cc(-c4oc5cc(O)cc(O)c5c(=O)c4O)ccc3OC2CN)ccc1O. The van der Waals surface area contributed by atoms with Crippen molar-refractivity contribution in [2.75, 3.05) is 13.7 Å². The van der Waals surface area contributed by atoms with Crippen LogP contribution in [0.4, 0.5) is 0 Å². The molecule has 180 valence electrons. The van der Waals surface area contributed by atoms with Crippen LogP contribution in [0.15, 0.2) is 57.7 Å². The van der Waals surface area contributed by atoms with Crippen LogP contribution >= 0.6 is 0 Å². The zero-order valence-corrected chi connectivity index (χ0v) is 18.4. The van der Waals surface area contributed by atoms with Crippen LogP contribution in [0.5, 0.6) is 40.2 Å². The van der Waals surface area contributed by atoms with Gasteiger partial charge in [-0.25, -0.2) is 0 Å². The lowest BCUT2D eigenvalue weighted by atomic mass is 10.0. The number of hydrogen-bond donors (Lipinski definition) is 5. The molecule has 0 saturated heterocycles. The Morgan fingerprint density at radius 3 is 2.49 bits per heavy atom. The number of rotatable bonds is 4. The summed E-state index contributed by atoms with van der Waals surface area (Å²) in [5.74, 6) is -0.795. The Morgan fingerprint density at radius 1 is 0.943 bits per heavy atom. The molecule has 0 spiro atoms. The first-order valence-corrected chi connectivity index (χ1v) is 10.6. The Morgan fingerprint density at radius 2 is 1.74 bits per heavy atom. The lowest BCUT2D eigenvalue weighted by molar-refractivity contribution is 0.0248. The van der Waals surface area contributed by atoms with Gasteiger partial charge in [-0.3, -0.25) is 4.79 Å². The minimum Gasteiger partial charge on any atom is -0.508 e. The third-order valence-corrected chi connectivity index (χ3v) is 5.78.